The lowest BCUT2D eigenvalue weighted by molar-refractivity contribution is -0.274. The predicted octanol–water partition coefficient (Wildman–Crippen LogP) is 6.57. The molecule has 0 saturated carbocycles. The summed E-state index contributed by atoms with van der Waals surface area (Å²) < 4.78 is 69.8. The van der Waals surface area contributed by atoms with Crippen LogP contribution in [0.5, 0.6) is 5.75 Å². The van der Waals surface area contributed by atoms with Gasteiger partial charge in [0, 0.05) is 38.3 Å². The van der Waals surface area contributed by atoms with E-state index in [2.05, 4.69) is 25.0 Å². The van der Waals surface area contributed by atoms with E-state index >= 15 is 0 Å². The van der Waals surface area contributed by atoms with Gasteiger partial charge in [-0.05, 0) is 59.7 Å². The molecule has 14 heteroatoms. The van der Waals surface area contributed by atoms with Gasteiger partial charge in [0.1, 0.15) is 11.4 Å². The number of halogens is 3. The fourth-order valence-electron chi connectivity index (χ4n) is 4.83. The highest BCUT2D eigenvalue weighted by molar-refractivity contribution is 7.90. The second-order valence-electron chi connectivity index (χ2n) is 11.2. The third-order valence-corrected chi connectivity index (χ3v) is 8.20. The van der Waals surface area contributed by atoms with E-state index in [1.807, 2.05) is 0 Å². The number of nitrogens with zero attached hydrogens (tertiary/aromatic N) is 6. The lowest BCUT2D eigenvalue weighted by Crippen LogP contribution is -2.20. The van der Waals surface area contributed by atoms with Gasteiger partial charge in [-0.15, -0.1) is 18.3 Å². The van der Waals surface area contributed by atoms with Gasteiger partial charge in [0.2, 0.25) is 5.54 Å². The van der Waals surface area contributed by atoms with E-state index < -0.39 is 27.5 Å². The number of benzene rings is 3. The standard InChI is InChI=1S/C32H27F3N6O4S/c1-31(2,36-3)18-30(42)26-17-27(40(4)38-26)25-14-11-22(21-7-6-8-24(15-21)46(5,43)44)16-28(25)41-29(19-37-39-41)20-9-12-23(13-10-20)45-32(33,34)35/h6-17,19H,18H2,1-2,4-5H3. The summed E-state index contributed by atoms with van der Waals surface area (Å²) in [6.45, 7) is 10.7. The summed E-state index contributed by atoms with van der Waals surface area (Å²) >= 11 is 0. The molecule has 0 aliphatic carbocycles. The van der Waals surface area contributed by atoms with Crippen LogP contribution in [0.25, 0.3) is 44.2 Å². The van der Waals surface area contributed by atoms with Crippen LogP contribution in [0.3, 0.4) is 0 Å². The molecule has 5 aromatic rings. The van der Waals surface area contributed by atoms with E-state index in [1.54, 1.807) is 63.4 Å². The molecule has 0 bridgehead atoms. The van der Waals surface area contributed by atoms with E-state index in [1.165, 1.54) is 45.9 Å². The number of hydrogen-bond acceptors (Lipinski definition) is 7. The zero-order valence-electron chi connectivity index (χ0n) is 25.1. The molecular weight excluding hydrogens is 621 g/mol. The fourth-order valence-corrected chi connectivity index (χ4v) is 5.49. The number of carbonyl (C=O) groups excluding carboxylic acids is 1. The Morgan fingerprint density at radius 2 is 1.63 bits per heavy atom. The number of aryl methyl sites for hydroxylation is 1. The van der Waals surface area contributed by atoms with Gasteiger partial charge in [0.25, 0.3) is 0 Å². The van der Waals surface area contributed by atoms with E-state index in [4.69, 9.17) is 6.57 Å². The monoisotopic (exact) mass is 648 g/mol. The maximum atomic E-state index is 13.1. The van der Waals surface area contributed by atoms with Crippen molar-refractivity contribution >= 4 is 15.6 Å². The van der Waals surface area contributed by atoms with Gasteiger partial charge in [-0.25, -0.2) is 19.7 Å². The average Bonchev–Trinajstić information content (AvgIpc) is 3.63. The minimum atomic E-state index is -4.84. The normalized spacial score (nSPS) is 12.1. The summed E-state index contributed by atoms with van der Waals surface area (Å²) in [6.07, 6.45) is -2.31. The maximum Gasteiger partial charge on any atom is 0.573 e. The molecule has 0 radical (unpaired) electrons. The van der Waals surface area contributed by atoms with Crippen molar-refractivity contribution in [1.82, 2.24) is 24.8 Å². The molecular formula is C32H27F3N6O4S. The molecule has 236 valence electrons. The molecule has 0 amide bonds. The van der Waals surface area contributed by atoms with Crippen LogP contribution in [-0.2, 0) is 16.9 Å². The van der Waals surface area contributed by atoms with E-state index in [9.17, 15) is 26.4 Å². The summed E-state index contributed by atoms with van der Waals surface area (Å²) in [7, 11) is -1.82. The van der Waals surface area contributed by atoms with Crippen LogP contribution in [0.4, 0.5) is 13.2 Å². The van der Waals surface area contributed by atoms with Crippen molar-refractivity contribution in [3.05, 3.63) is 96.1 Å². The average molecular weight is 649 g/mol. The molecule has 0 aliphatic heterocycles. The minimum absolute atomic E-state index is 0.0311. The third-order valence-electron chi connectivity index (χ3n) is 7.09. The molecule has 10 nitrogen and oxygen atoms in total. The molecule has 5 rings (SSSR count). The highest BCUT2D eigenvalue weighted by atomic mass is 32.2. The fraction of sp³-hybridized carbons (Fsp3) is 0.219. The molecule has 0 unspecified atom stereocenters. The molecule has 2 aromatic heterocycles. The Bertz CT molecular complexity index is 2090. The summed E-state index contributed by atoms with van der Waals surface area (Å²) in [5.74, 6) is -0.696. The molecule has 46 heavy (non-hydrogen) atoms. The minimum Gasteiger partial charge on any atom is -0.406 e. The summed E-state index contributed by atoms with van der Waals surface area (Å²) in [4.78, 5) is 16.7. The van der Waals surface area contributed by atoms with Crippen LogP contribution in [0.1, 0.15) is 30.8 Å². The van der Waals surface area contributed by atoms with Crippen molar-refractivity contribution in [2.24, 2.45) is 7.05 Å². The van der Waals surface area contributed by atoms with Crippen molar-refractivity contribution in [2.75, 3.05) is 6.26 Å². The molecule has 0 atom stereocenters. The topological polar surface area (TPSA) is 113 Å². The van der Waals surface area contributed by atoms with Crippen LogP contribution < -0.4 is 4.74 Å². The summed E-state index contributed by atoms with van der Waals surface area (Å²) in [5, 5.41) is 12.8. The molecule has 0 spiro atoms. The Hall–Kier alpha value is -5.29. The first kappa shape index (κ1) is 32.1. The Kier molecular flexibility index (Phi) is 8.31. The Balaban J connectivity index is 1.66. The Labute approximate surface area is 262 Å². The van der Waals surface area contributed by atoms with Gasteiger partial charge in [-0.3, -0.25) is 9.48 Å². The van der Waals surface area contributed by atoms with E-state index in [-0.39, 0.29) is 22.8 Å². The number of sulfone groups is 1. The Morgan fingerprint density at radius 3 is 2.28 bits per heavy atom. The number of ether oxygens (including phenoxy) is 1. The third kappa shape index (κ3) is 7.00. The summed E-state index contributed by atoms with van der Waals surface area (Å²) in [5.41, 5.74) is 2.99. The van der Waals surface area contributed by atoms with Gasteiger partial charge in [-0.2, -0.15) is 5.10 Å². The molecule has 0 aliphatic rings. The smallest absolute Gasteiger partial charge is 0.406 e. The van der Waals surface area contributed by atoms with Crippen LogP contribution in [0.2, 0.25) is 0 Å². The largest absolute Gasteiger partial charge is 0.573 e. The molecule has 3 aromatic carbocycles. The SMILES string of the molecule is [C-]#[N+]C(C)(C)CC(=O)c1cc(-c2ccc(-c3cccc(S(C)(=O)=O)c3)cc2-n2nncc2-c2ccc(OC(F)(F)F)cc2)n(C)n1. The van der Waals surface area contributed by atoms with Gasteiger partial charge in [0.05, 0.1) is 34.6 Å². The molecule has 0 saturated heterocycles. The van der Waals surface area contributed by atoms with Crippen LogP contribution in [-0.4, -0.2) is 57.1 Å². The first-order valence-corrected chi connectivity index (χ1v) is 15.6. The van der Waals surface area contributed by atoms with Crippen molar-refractivity contribution < 1.29 is 31.1 Å². The highest BCUT2D eigenvalue weighted by Crippen LogP contribution is 2.35. The molecule has 0 fully saturated rings. The zero-order valence-corrected chi connectivity index (χ0v) is 25.9. The number of carbonyl (C=O) groups is 1. The zero-order chi connectivity index (χ0) is 33.4. The molecule has 0 N–H and O–H groups in total. The maximum absolute atomic E-state index is 13.1. The number of Topliss-reactive ketones (excluding diaryl/α,β-unsaturated/α-hetero) is 1. The number of alkyl halides is 3. The van der Waals surface area contributed by atoms with E-state index in [0.29, 0.717) is 39.3 Å². The first-order chi connectivity index (χ1) is 21.5. The van der Waals surface area contributed by atoms with E-state index in [0.717, 1.165) is 6.26 Å². The number of aromatic nitrogens is 5. The summed E-state index contributed by atoms with van der Waals surface area (Å²) in [6, 6.07) is 18.6. The second-order valence-corrected chi connectivity index (χ2v) is 13.2. The van der Waals surface area contributed by atoms with Crippen molar-refractivity contribution in [3.63, 3.8) is 0 Å². The first-order valence-electron chi connectivity index (χ1n) is 13.7. The van der Waals surface area contributed by atoms with Gasteiger partial charge in [0.15, 0.2) is 15.6 Å². The van der Waals surface area contributed by atoms with Crippen molar-refractivity contribution in [3.8, 4) is 45.1 Å². The van der Waals surface area contributed by atoms with Gasteiger partial charge < -0.3 is 9.58 Å². The predicted molar refractivity (Wildman–Crippen MR) is 164 cm³/mol. The number of rotatable bonds is 9. The Morgan fingerprint density at radius 1 is 0.957 bits per heavy atom. The van der Waals surface area contributed by atoms with Crippen molar-refractivity contribution in [1.29, 1.82) is 0 Å². The van der Waals surface area contributed by atoms with Gasteiger partial charge in [-0.1, -0.05) is 29.5 Å². The number of hydrogen-bond donors (Lipinski definition) is 0. The lowest BCUT2D eigenvalue weighted by Gasteiger charge is -2.15. The molecule has 2 heterocycles. The van der Waals surface area contributed by atoms with Crippen LogP contribution in [0, 0.1) is 6.57 Å². The van der Waals surface area contributed by atoms with Crippen LogP contribution in [0.15, 0.2) is 83.9 Å². The highest BCUT2D eigenvalue weighted by Gasteiger charge is 2.31. The van der Waals surface area contributed by atoms with Crippen molar-refractivity contribution in [2.45, 2.75) is 37.1 Å². The van der Waals surface area contributed by atoms with Crippen LogP contribution >= 0.6 is 0 Å². The number of ketones is 1. The van der Waals surface area contributed by atoms with Gasteiger partial charge >= 0.3 is 6.36 Å². The lowest BCUT2D eigenvalue weighted by atomic mass is 9.97. The quantitative estimate of drug-likeness (QED) is 0.131. The second kappa shape index (κ2) is 11.9.